The van der Waals surface area contributed by atoms with E-state index in [1.165, 1.54) is 12.0 Å². The smallest absolute Gasteiger partial charge is 0.326 e. The number of pyridine rings is 1. The maximum atomic E-state index is 13.3. The summed E-state index contributed by atoms with van der Waals surface area (Å²) >= 11 is 6.13. The van der Waals surface area contributed by atoms with E-state index in [9.17, 15) is 14.7 Å². The molecule has 1 aliphatic heterocycles. The molecule has 1 aromatic heterocycles. The monoisotopic (exact) mass is 374 g/mol. The van der Waals surface area contributed by atoms with E-state index in [2.05, 4.69) is 4.98 Å². The number of aliphatic carboxylic acids is 1. The van der Waals surface area contributed by atoms with Crippen LogP contribution in [0.2, 0.25) is 5.02 Å². The second-order valence-electron chi connectivity index (χ2n) is 6.94. The Kier molecular flexibility index (Phi) is 4.32. The Morgan fingerprint density at radius 2 is 2.08 bits per heavy atom. The summed E-state index contributed by atoms with van der Waals surface area (Å²) in [6.07, 6.45) is 2.14. The summed E-state index contributed by atoms with van der Waals surface area (Å²) < 4.78 is 5.30. The van der Waals surface area contributed by atoms with Crippen LogP contribution < -0.4 is 0 Å². The zero-order valence-corrected chi connectivity index (χ0v) is 15.1. The van der Waals surface area contributed by atoms with Gasteiger partial charge in [-0.25, -0.2) is 4.79 Å². The number of rotatable bonds is 4. The summed E-state index contributed by atoms with van der Waals surface area (Å²) in [6, 6.07) is 6.18. The predicted molar refractivity (Wildman–Crippen MR) is 96.6 cm³/mol. The number of carbonyl (C=O) groups is 2. The Morgan fingerprint density at radius 1 is 1.31 bits per heavy atom. The number of ether oxygens (including phenoxy) is 1. The van der Waals surface area contributed by atoms with E-state index in [1.807, 2.05) is 0 Å². The van der Waals surface area contributed by atoms with Crippen molar-refractivity contribution in [3.05, 3.63) is 40.5 Å². The average molecular weight is 375 g/mol. The highest BCUT2D eigenvalue weighted by Crippen LogP contribution is 2.40. The third-order valence-electron chi connectivity index (χ3n) is 5.16. The van der Waals surface area contributed by atoms with Crippen molar-refractivity contribution in [2.75, 3.05) is 13.7 Å². The van der Waals surface area contributed by atoms with Crippen LogP contribution in [0.15, 0.2) is 24.3 Å². The Balaban J connectivity index is 1.80. The number of carboxylic acids is 1. The highest BCUT2D eigenvalue weighted by molar-refractivity contribution is 6.31. The summed E-state index contributed by atoms with van der Waals surface area (Å²) in [5, 5.41) is 10.7. The number of nitrogens with zero attached hydrogens (tertiary/aromatic N) is 2. The highest BCUT2D eigenvalue weighted by Gasteiger charge is 2.41. The molecular formula is C19H19ClN2O4. The molecule has 2 fully saturated rings. The number of carboxylic acid groups (broad SMARTS) is 1. The molecule has 1 saturated heterocycles. The summed E-state index contributed by atoms with van der Waals surface area (Å²) in [7, 11) is 1.53. The van der Waals surface area contributed by atoms with Gasteiger partial charge in [0.15, 0.2) is 0 Å². The van der Waals surface area contributed by atoms with Gasteiger partial charge in [-0.05, 0) is 37.1 Å². The lowest BCUT2D eigenvalue weighted by Crippen LogP contribution is -2.40. The van der Waals surface area contributed by atoms with Gasteiger partial charge in [0, 0.05) is 42.1 Å². The fourth-order valence-electron chi connectivity index (χ4n) is 3.57. The average Bonchev–Trinajstić information content (AvgIpc) is 3.38. The Bertz CT molecular complexity index is 896. The molecule has 1 N–H and O–H groups in total. The Labute approximate surface area is 155 Å². The van der Waals surface area contributed by atoms with Crippen molar-refractivity contribution in [2.45, 2.75) is 37.3 Å². The predicted octanol–water partition coefficient (Wildman–Crippen LogP) is 3.08. The third kappa shape index (κ3) is 3.04. The first kappa shape index (κ1) is 17.2. The molecule has 2 unspecified atom stereocenters. The number of aromatic nitrogens is 1. The minimum atomic E-state index is -1.02. The number of hydrogen-bond donors (Lipinski definition) is 1. The Hall–Kier alpha value is -2.18. The van der Waals surface area contributed by atoms with Crippen LogP contribution in [-0.2, 0) is 9.53 Å². The van der Waals surface area contributed by atoms with Crippen molar-refractivity contribution in [1.82, 2.24) is 9.88 Å². The summed E-state index contributed by atoms with van der Waals surface area (Å²) in [5.74, 6) is -0.951. The highest BCUT2D eigenvalue weighted by atomic mass is 35.5. The molecule has 4 rings (SSSR count). The van der Waals surface area contributed by atoms with Crippen molar-refractivity contribution in [3.8, 4) is 0 Å². The Morgan fingerprint density at radius 3 is 2.73 bits per heavy atom. The molecule has 0 spiro atoms. The fourth-order valence-corrected chi connectivity index (χ4v) is 3.74. The van der Waals surface area contributed by atoms with Gasteiger partial charge < -0.3 is 14.7 Å². The van der Waals surface area contributed by atoms with Crippen molar-refractivity contribution in [3.63, 3.8) is 0 Å². The van der Waals surface area contributed by atoms with E-state index in [0.29, 0.717) is 27.4 Å². The molecular weight excluding hydrogens is 356 g/mol. The molecule has 0 radical (unpaired) electrons. The molecule has 136 valence electrons. The van der Waals surface area contributed by atoms with Crippen molar-refractivity contribution < 1.29 is 19.4 Å². The van der Waals surface area contributed by atoms with Crippen LogP contribution in [-0.4, -0.2) is 52.7 Å². The molecule has 1 aromatic carbocycles. The number of benzene rings is 1. The maximum Gasteiger partial charge on any atom is 0.326 e. The molecule has 2 aliphatic rings. The number of fused-ring (bicyclic) bond motifs is 1. The van der Waals surface area contributed by atoms with E-state index in [4.69, 9.17) is 16.3 Å². The maximum absolute atomic E-state index is 13.3. The van der Waals surface area contributed by atoms with Crippen molar-refractivity contribution in [2.24, 2.45) is 0 Å². The number of hydrogen-bond acceptors (Lipinski definition) is 4. The molecule has 2 aromatic rings. The number of methoxy groups -OCH3 is 1. The molecule has 7 heteroatoms. The molecule has 2 heterocycles. The summed E-state index contributed by atoms with van der Waals surface area (Å²) in [4.78, 5) is 31.0. The minimum Gasteiger partial charge on any atom is -0.480 e. The van der Waals surface area contributed by atoms with Gasteiger partial charge in [0.05, 0.1) is 17.2 Å². The van der Waals surface area contributed by atoms with Gasteiger partial charge in [-0.1, -0.05) is 11.6 Å². The first-order valence-electron chi connectivity index (χ1n) is 8.64. The van der Waals surface area contributed by atoms with Gasteiger partial charge in [0.1, 0.15) is 6.04 Å². The number of likely N-dealkylation sites (tertiary alicyclic amines) is 1. The molecule has 6 nitrogen and oxygen atoms in total. The first-order chi connectivity index (χ1) is 12.5. The number of carbonyl (C=O) groups excluding carboxylic acids is 1. The van der Waals surface area contributed by atoms with Gasteiger partial charge in [-0.3, -0.25) is 9.78 Å². The van der Waals surface area contributed by atoms with Gasteiger partial charge in [0.25, 0.3) is 5.91 Å². The summed E-state index contributed by atoms with van der Waals surface area (Å²) in [6.45, 7) is 0.259. The lowest BCUT2D eigenvalue weighted by molar-refractivity contribution is -0.141. The standard InChI is InChI=1S/C19H19ClN2O4/c1-26-12-7-17(19(24)25)22(9-12)18(23)14-8-16(10-2-3-10)21-15-5-4-11(20)6-13(14)15/h4-6,8,10,12,17H,2-3,7,9H2,1H3,(H,24,25). The zero-order chi connectivity index (χ0) is 18.4. The van der Waals surface area contributed by atoms with Crippen LogP contribution in [0.4, 0.5) is 0 Å². The van der Waals surface area contributed by atoms with Gasteiger partial charge in [-0.2, -0.15) is 0 Å². The molecule has 1 saturated carbocycles. The van der Waals surface area contributed by atoms with Crippen LogP contribution in [0.5, 0.6) is 0 Å². The second kappa shape index (κ2) is 6.52. The topological polar surface area (TPSA) is 79.7 Å². The first-order valence-corrected chi connectivity index (χ1v) is 9.02. The van der Waals surface area contributed by atoms with Crippen molar-refractivity contribution >= 4 is 34.4 Å². The van der Waals surface area contributed by atoms with E-state index >= 15 is 0 Å². The normalized spacial score (nSPS) is 22.8. The van der Waals surface area contributed by atoms with Gasteiger partial charge in [-0.15, -0.1) is 0 Å². The fraction of sp³-hybridized carbons (Fsp3) is 0.421. The van der Waals surface area contributed by atoms with Crippen LogP contribution in [0.25, 0.3) is 10.9 Å². The zero-order valence-electron chi connectivity index (χ0n) is 14.3. The lowest BCUT2D eigenvalue weighted by atomic mass is 10.0. The quantitative estimate of drug-likeness (QED) is 0.889. The van der Waals surface area contributed by atoms with Crippen molar-refractivity contribution in [1.29, 1.82) is 0 Å². The number of amides is 1. The van der Waals surface area contributed by atoms with Crippen LogP contribution in [0.3, 0.4) is 0 Å². The second-order valence-corrected chi connectivity index (χ2v) is 7.37. The van der Waals surface area contributed by atoms with E-state index in [-0.39, 0.29) is 25.0 Å². The van der Waals surface area contributed by atoms with Gasteiger partial charge in [0.2, 0.25) is 0 Å². The summed E-state index contributed by atoms with van der Waals surface area (Å²) in [5.41, 5.74) is 2.05. The number of halogens is 1. The van der Waals surface area contributed by atoms with Gasteiger partial charge >= 0.3 is 5.97 Å². The molecule has 0 bridgehead atoms. The third-order valence-corrected chi connectivity index (χ3v) is 5.39. The molecule has 1 amide bonds. The molecule has 2 atom stereocenters. The van der Waals surface area contributed by atoms with E-state index < -0.39 is 12.0 Å². The van der Waals surface area contributed by atoms with E-state index in [0.717, 1.165) is 18.5 Å². The van der Waals surface area contributed by atoms with E-state index in [1.54, 1.807) is 24.3 Å². The van der Waals surface area contributed by atoms with Crippen LogP contribution in [0.1, 0.15) is 41.2 Å². The molecule has 1 aliphatic carbocycles. The SMILES string of the molecule is COC1CC(C(=O)O)N(C(=O)c2cc(C3CC3)nc3ccc(Cl)cc23)C1. The minimum absolute atomic E-state index is 0.259. The van der Waals surface area contributed by atoms with Crippen LogP contribution >= 0.6 is 11.6 Å². The largest absolute Gasteiger partial charge is 0.480 e. The lowest BCUT2D eigenvalue weighted by Gasteiger charge is -2.22. The molecule has 26 heavy (non-hydrogen) atoms. The van der Waals surface area contributed by atoms with Crippen LogP contribution in [0, 0.1) is 0 Å².